The van der Waals surface area contributed by atoms with Gasteiger partial charge in [0.25, 0.3) is 0 Å². The summed E-state index contributed by atoms with van der Waals surface area (Å²) in [6.45, 7) is 2.15. The van der Waals surface area contributed by atoms with E-state index in [4.69, 9.17) is 4.65 Å². The topological polar surface area (TPSA) is 29.1 Å². The van der Waals surface area contributed by atoms with Crippen LogP contribution < -0.4 is 0 Å². The minimum absolute atomic E-state index is 0.420. The number of rotatable bonds is 1. The maximum absolute atomic E-state index is 9.06. The van der Waals surface area contributed by atoms with E-state index >= 15 is 0 Å². The Morgan fingerprint density at radius 3 is 2.60 bits per heavy atom. The van der Waals surface area contributed by atoms with Gasteiger partial charge in [0.05, 0.1) is 0 Å². The molecule has 0 fully saturated rings. The summed E-state index contributed by atoms with van der Waals surface area (Å²) in [6.07, 6.45) is 1.27. The van der Waals surface area contributed by atoms with E-state index in [2.05, 4.69) is 4.74 Å². The summed E-state index contributed by atoms with van der Waals surface area (Å²) in [5.41, 5.74) is 0. The van der Waals surface area contributed by atoms with Gasteiger partial charge in [0.1, 0.15) is 0 Å². The van der Waals surface area contributed by atoms with Gasteiger partial charge in [-0.1, -0.05) is 0 Å². The van der Waals surface area contributed by atoms with Crippen LogP contribution in [0, 0.1) is 6.33 Å². The summed E-state index contributed by atoms with van der Waals surface area (Å²) >= 11 is 0. The molecular formula is C3H5O2+. The third-order valence-electron chi connectivity index (χ3n) is 0.203. The molecule has 0 radical (unpaired) electrons. The first-order valence-corrected chi connectivity index (χ1v) is 1.40. The molecule has 0 amide bonds. The molecule has 0 atom stereocenters. The molecule has 2 heteroatoms. The maximum atomic E-state index is 9.06. The molecule has 0 aromatic heterocycles. The first-order valence-electron chi connectivity index (χ1n) is 1.40. The number of ether oxygens (including phenoxy) is 1. The van der Waals surface area contributed by atoms with E-state index in [1.165, 1.54) is 6.33 Å². The van der Waals surface area contributed by atoms with Gasteiger partial charge in [0, 0.05) is 0 Å². The Hall–Kier alpha value is -0.460. The number of hydrogen-bond donors (Lipinski definition) is 0. The molecule has 28 valence electrons. The van der Waals surface area contributed by atoms with Gasteiger partial charge in [-0.05, 0) is 0 Å². The van der Waals surface area contributed by atoms with Crippen molar-refractivity contribution in [2.75, 3.05) is 6.61 Å². The molecule has 0 aromatic rings. The number of hydrogen-bond acceptors (Lipinski definition) is 1. The average Bonchev–Trinajstić information content (AvgIpc) is 1.41. The molecule has 0 aromatic carbocycles. The summed E-state index contributed by atoms with van der Waals surface area (Å²) in [7, 11) is 0. The van der Waals surface area contributed by atoms with E-state index in [0.717, 1.165) is 0 Å². The van der Waals surface area contributed by atoms with E-state index in [1.54, 1.807) is 6.92 Å². The van der Waals surface area contributed by atoms with Crippen LogP contribution >= 0.6 is 0 Å². The van der Waals surface area contributed by atoms with Gasteiger partial charge < -0.3 is 0 Å². The van der Waals surface area contributed by atoms with Crippen LogP contribution in [0.4, 0.5) is 0 Å². The molecule has 0 unspecified atom stereocenters. The Labute approximate surface area is 30.5 Å². The third-order valence-corrected chi connectivity index (χ3v) is 0.203. The first kappa shape index (κ1) is 4.54. The molecule has 0 aliphatic rings. The molecule has 0 rings (SSSR count). The normalized spacial score (nSPS) is 5.60. The fourth-order valence-electron chi connectivity index (χ4n) is 0.0589. The zero-order valence-corrected chi connectivity index (χ0v) is 3.02. The van der Waals surface area contributed by atoms with Gasteiger partial charge in [-0.3, -0.25) is 0 Å². The van der Waals surface area contributed by atoms with E-state index in [9.17, 15) is 0 Å². The van der Waals surface area contributed by atoms with Crippen molar-refractivity contribution in [3.63, 3.8) is 0 Å². The van der Waals surface area contributed by atoms with Crippen molar-refractivity contribution in [2.45, 2.75) is 6.92 Å². The fourth-order valence-corrected chi connectivity index (χ4v) is 0.0589. The van der Waals surface area contributed by atoms with Crippen LogP contribution in [-0.4, -0.2) is 6.61 Å². The summed E-state index contributed by atoms with van der Waals surface area (Å²) < 4.78 is 13.1. The SMILES string of the molecule is CCOC#[O+]. The van der Waals surface area contributed by atoms with E-state index in [-0.39, 0.29) is 0 Å². The second-order valence-electron chi connectivity index (χ2n) is 0.516. The monoisotopic (exact) mass is 73.0 g/mol. The second-order valence-corrected chi connectivity index (χ2v) is 0.516. The zero-order chi connectivity index (χ0) is 4.12. The standard InChI is InChI=1S/C3H5O2/c1-2-5-3-4/h2H2,1H3/q+1. The van der Waals surface area contributed by atoms with Gasteiger partial charge >= 0.3 is 29.3 Å². The molecule has 0 aliphatic carbocycles. The van der Waals surface area contributed by atoms with Crippen LogP contribution in [0.5, 0.6) is 0 Å². The van der Waals surface area contributed by atoms with Crippen LogP contribution in [0.15, 0.2) is 0 Å². The molecule has 5 heavy (non-hydrogen) atoms. The van der Waals surface area contributed by atoms with Gasteiger partial charge in [0.15, 0.2) is 0 Å². The first-order chi connectivity index (χ1) is 2.41. The average molecular weight is 73.1 g/mol. The fraction of sp³-hybridized carbons (Fsp3) is 0.667. The van der Waals surface area contributed by atoms with Crippen molar-refractivity contribution in [2.24, 2.45) is 0 Å². The van der Waals surface area contributed by atoms with Crippen LogP contribution in [0.25, 0.3) is 0 Å². The summed E-state index contributed by atoms with van der Waals surface area (Å²) in [5, 5.41) is 0. The van der Waals surface area contributed by atoms with Crippen LogP contribution in [-0.2, 0) is 9.39 Å². The van der Waals surface area contributed by atoms with E-state index in [1.807, 2.05) is 0 Å². The predicted molar refractivity (Wildman–Crippen MR) is 16.2 cm³/mol. The Balaban J connectivity index is 2.48. The van der Waals surface area contributed by atoms with Gasteiger partial charge in [0.2, 0.25) is 0 Å². The van der Waals surface area contributed by atoms with Crippen molar-refractivity contribution < 1.29 is 9.39 Å². The Morgan fingerprint density at radius 1 is 2.00 bits per heavy atom. The molecule has 0 N–H and O–H groups in total. The molecule has 0 aliphatic heterocycles. The molecule has 0 saturated carbocycles. The Bertz CT molecular complexity index is 43.3. The summed E-state index contributed by atoms with van der Waals surface area (Å²) in [6, 6.07) is 0. The molecule has 2 nitrogen and oxygen atoms in total. The minimum atomic E-state index is 0.420. The van der Waals surface area contributed by atoms with Gasteiger partial charge in [-0.15, -0.1) is 0 Å². The van der Waals surface area contributed by atoms with Crippen LogP contribution in [0.2, 0.25) is 0 Å². The Morgan fingerprint density at radius 2 is 2.60 bits per heavy atom. The molecule has 0 spiro atoms. The predicted octanol–water partition coefficient (Wildman–Crippen LogP) is 0.370. The van der Waals surface area contributed by atoms with Crippen LogP contribution in [0.1, 0.15) is 6.92 Å². The summed E-state index contributed by atoms with van der Waals surface area (Å²) in [4.78, 5) is 0. The second kappa shape index (κ2) is 3.54. The zero-order valence-electron chi connectivity index (χ0n) is 3.02. The van der Waals surface area contributed by atoms with Crippen molar-refractivity contribution >= 4 is 0 Å². The Kier molecular flexibility index (Phi) is 3.21. The van der Waals surface area contributed by atoms with Gasteiger partial charge in [-0.25, -0.2) is 0 Å². The molecular weight excluding hydrogens is 68.0 g/mol. The quantitative estimate of drug-likeness (QED) is 0.412. The van der Waals surface area contributed by atoms with Crippen molar-refractivity contribution in [1.82, 2.24) is 0 Å². The van der Waals surface area contributed by atoms with Crippen molar-refractivity contribution in [3.05, 3.63) is 0 Å². The van der Waals surface area contributed by atoms with E-state index in [0.29, 0.717) is 6.61 Å². The summed E-state index contributed by atoms with van der Waals surface area (Å²) in [5.74, 6) is 0. The van der Waals surface area contributed by atoms with E-state index < -0.39 is 0 Å². The van der Waals surface area contributed by atoms with Crippen molar-refractivity contribution in [3.8, 4) is 6.33 Å². The molecule has 0 bridgehead atoms. The third kappa shape index (κ3) is 3.54. The molecule has 0 saturated heterocycles. The molecule has 0 heterocycles. The van der Waals surface area contributed by atoms with Crippen LogP contribution in [0.3, 0.4) is 0 Å². The van der Waals surface area contributed by atoms with Gasteiger partial charge in [-0.2, -0.15) is 0 Å². The van der Waals surface area contributed by atoms with Crippen molar-refractivity contribution in [1.29, 1.82) is 0 Å².